The van der Waals surface area contributed by atoms with E-state index in [0.29, 0.717) is 6.42 Å². The molecule has 9 nitrogen and oxygen atoms in total. The van der Waals surface area contributed by atoms with Crippen LogP contribution >= 0.6 is 0 Å². The van der Waals surface area contributed by atoms with Gasteiger partial charge in [0, 0.05) is 32.1 Å². The number of aliphatic hydroxyl groups is 1. The van der Waals surface area contributed by atoms with Crippen molar-refractivity contribution in [2.24, 2.45) is 23.7 Å². The lowest BCUT2D eigenvalue weighted by Gasteiger charge is -2.40. The van der Waals surface area contributed by atoms with Crippen molar-refractivity contribution in [2.75, 3.05) is 0 Å². The molecule has 9 atom stereocenters. The fourth-order valence-corrected chi connectivity index (χ4v) is 5.87. The molecule has 2 fully saturated rings. The first kappa shape index (κ1) is 25.2. The highest BCUT2D eigenvalue weighted by Gasteiger charge is 2.69. The molecule has 0 aromatic carbocycles. The average Bonchev–Trinajstić information content (AvgIpc) is 3.07. The number of carbonyl (C=O) groups excluding carboxylic acids is 4. The maximum atomic E-state index is 13.0. The third kappa shape index (κ3) is 4.27. The maximum Gasteiger partial charge on any atom is 0.351 e. The Kier molecular flexibility index (Phi) is 6.68. The Hall–Kier alpha value is -2.42. The Balaban J connectivity index is 2.17. The van der Waals surface area contributed by atoms with Gasteiger partial charge in [-0.2, -0.15) is 0 Å². The van der Waals surface area contributed by atoms with E-state index in [1.807, 2.05) is 6.92 Å². The topological polar surface area (TPSA) is 125 Å². The van der Waals surface area contributed by atoms with Gasteiger partial charge in [0.15, 0.2) is 0 Å². The molecule has 33 heavy (non-hydrogen) atoms. The third-order valence-electron chi connectivity index (χ3n) is 7.43. The Morgan fingerprint density at radius 3 is 2.33 bits per heavy atom. The molecule has 0 bridgehead atoms. The minimum absolute atomic E-state index is 0.00274. The van der Waals surface area contributed by atoms with E-state index in [4.69, 9.17) is 18.9 Å². The second-order valence-corrected chi connectivity index (χ2v) is 9.94. The Labute approximate surface area is 193 Å². The van der Waals surface area contributed by atoms with E-state index in [-0.39, 0.29) is 6.42 Å². The average molecular weight is 467 g/mol. The number of aliphatic hydroxyl groups excluding tert-OH is 1. The molecule has 1 N–H and O–H groups in total. The number of ether oxygens (including phenoxy) is 4. The molecule has 1 saturated heterocycles. The van der Waals surface area contributed by atoms with Gasteiger partial charge in [0.25, 0.3) is 0 Å². The fourth-order valence-electron chi connectivity index (χ4n) is 5.87. The van der Waals surface area contributed by atoms with Crippen molar-refractivity contribution in [3.8, 4) is 0 Å². The van der Waals surface area contributed by atoms with Crippen molar-refractivity contribution >= 4 is 23.9 Å². The number of carbonyl (C=O) groups is 4. The van der Waals surface area contributed by atoms with Gasteiger partial charge in [0.2, 0.25) is 5.60 Å². The molecule has 0 radical (unpaired) electrons. The molecular weight excluding hydrogens is 432 g/mol. The van der Waals surface area contributed by atoms with Crippen LogP contribution in [-0.2, 0) is 38.1 Å². The number of hydrogen-bond acceptors (Lipinski definition) is 9. The summed E-state index contributed by atoms with van der Waals surface area (Å²) in [6.07, 6.45) is -0.584. The normalized spacial score (nSPS) is 40.5. The highest BCUT2D eigenvalue weighted by molar-refractivity contribution is 5.85. The summed E-state index contributed by atoms with van der Waals surface area (Å²) in [4.78, 5) is 49.9. The van der Waals surface area contributed by atoms with E-state index in [0.717, 1.165) is 5.57 Å². The molecule has 1 heterocycles. The van der Waals surface area contributed by atoms with Crippen molar-refractivity contribution in [1.29, 1.82) is 0 Å². The molecule has 0 unspecified atom stereocenters. The molecule has 2 aliphatic carbocycles. The van der Waals surface area contributed by atoms with E-state index < -0.39 is 77.1 Å². The molecule has 1 saturated carbocycles. The summed E-state index contributed by atoms with van der Waals surface area (Å²) < 4.78 is 23.0. The Bertz CT molecular complexity index is 879. The lowest BCUT2D eigenvalue weighted by Crippen LogP contribution is -2.51. The van der Waals surface area contributed by atoms with Crippen molar-refractivity contribution in [2.45, 2.75) is 90.8 Å². The van der Waals surface area contributed by atoms with Gasteiger partial charge in [-0.25, -0.2) is 4.79 Å². The minimum Gasteiger partial charge on any atom is -0.461 e. The van der Waals surface area contributed by atoms with Crippen LogP contribution in [0.4, 0.5) is 0 Å². The zero-order chi connectivity index (χ0) is 24.9. The van der Waals surface area contributed by atoms with Crippen LogP contribution in [0.3, 0.4) is 0 Å². The van der Waals surface area contributed by atoms with Gasteiger partial charge < -0.3 is 24.1 Å². The largest absolute Gasteiger partial charge is 0.461 e. The predicted molar refractivity (Wildman–Crippen MR) is 114 cm³/mol. The van der Waals surface area contributed by atoms with Crippen LogP contribution in [0.2, 0.25) is 0 Å². The van der Waals surface area contributed by atoms with E-state index in [9.17, 15) is 24.3 Å². The monoisotopic (exact) mass is 466 g/mol. The lowest BCUT2D eigenvalue weighted by molar-refractivity contribution is -0.186. The Morgan fingerprint density at radius 2 is 1.79 bits per heavy atom. The minimum atomic E-state index is -1.71. The van der Waals surface area contributed by atoms with Crippen LogP contribution in [0.15, 0.2) is 11.6 Å². The van der Waals surface area contributed by atoms with E-state index in [2.05, 4.69) is 0 Å². The van der Waals surface area contributed by atoms with E-state index >= 15 is 0 Å². The number of rotatable bonds is 5. The molecule has 0 amide bonds. The third-order valence-corrected chi connectivity index (χ3v) is 7.43. The first-order valence-electron chi connectivity index (χ1n) is 11.4. The van der Waals surface area contributed by atoms with Gasteiger partial charge in [-0.1, -0.05) is 25.5 Å². The first-order chi connectivity index (χ1) is 15.2. The molecule has 0 aromatic rings. The summed E-state index contributed by atoms with van der Waals surface area (Å²) in [5.41, 5.74) is -2.19. The molecule has 1 aliphatic heterocycles. The molecule has 3 rings (SSSR count). The number of esters is 4. The molecule has 9 heteroatoms. The molecule has 0 aromatic heterocycles. The molecule has 0 spiro atoms. The summed E-state index contributed by atoms with van der Waals surface area (Å²) in [5, 5.41) is 10.9. The number of fused-ring (bicyclic) bond motifs is 3. The van der Waals surface area contributed by atoms with Crippen LogP contribution in [-0.4, -0.2) is 58.5 Å². The maximum absolute atomic E-state index is 13.0. The summed E-state index contributed by atoms with van der Waals surface area (Å²) in [6.45, 7) is 11.0. The summed E-state index contributed by atoms with van der Waals surface area (Å²) in [6, 6.07) is 0. The SMILES string of the molecule is CC[C@@H](C)C(=O)O[C@H]1C[C@](C)(OC(C)=O)[C@@H]2[C@@H](C(C)=C[C@H]2O)[C@@H]2OC(=O)[C@@](C)(OC(C)=O)[C@@H]21. The van der Waals surface area contributed by atoms with Crippen molar-refractivity contribution < 1.29 is 43.2 Å². The predicted octanol–water partition coefficient (Wildman–Crippen LogP) is 2.09. The van der Waals surface area contributed by atoms with Gasteiger partial charge in [-0.15, -0.1) is 0 Å². The van der Waals surface area contributed by atoms with Crippen molar-refractivity contribution in [1.82, 2.24) is 0 Å². The van der Waals surface area contributed by atoms with Gasteiger partial charge in [-0.3, -0.25) is 14.4 Å². The summed E-state index contributed by atoms with van der Waals surface area (Å²) >= 11 is 0. The number of hydrogen-bond donors (Lipinski definition) is 1. The van der Waals surface area contributed by atoms with Gasteiger partial charge in [0.1, 0.15) is 17.8 Å². The van der Waals surface area contributed by atoms with E-state index in [1.165, 1.54) is 20.8 Å². The molecule has 184 valence electrons. The fraction of sp³-hybridized carbons (Fsp3) is 0.750. The molecular formula is C24H34O9. The summed E-state index contributed by atoms with van der Waals surface area (Å²) in [5.74, 6) is -4.87. The second kappa shape index (κ2) is 8.74. The van der Waals surface area contributed by atoms with E-state index in [1.54, 1.807) is 26.8 Å². The highest BCUT2D eigenvalue weighted by atomic mass is 16.6. The van der Waals surface area contributed by atoms with Gasteiger partial charge in [-0.05, 0) is 27.2 Å². The van der Waals surface area contributed by atoms with Crippen LogP contribution < -0.4 is 0 Å². The molecule has 3 aliphatic rings. The highest BCUT2D eigenvalue weighted by Crippen LogP contribution is 2.56. The quantitative estimate of drug-likeness (QED) is 0.368. The van der Waals surface area contributed by atoms with Crippen LogP contribution in [0.5, 0.6) is 0 Å². The Morgan fingerprint density at radius 1 is 1.18 bits per heavy atom. The zero-order valence-corrected chi connectivity index (χ0v) is 20.2. The van der Waals surface area contributed by atoms with Gasteiger partial charge >= 0.3 is 23.9 Å². The second-order valence-electron chi connectivity index (χ2n) is 9.94. The van der Waals surface area contributed by atoms with Crippen molar-refractivity contribution in [3.05, 3.63) is 11.6 Å². The van der Waals surface area contributed by atoms with Crippen LogP contribution in [0, 0.1) is 23.7 Å². The standard InChI is InChI=1S/C24H34O9/c1-8-11(2)21(28)30-16-10-23(6,32-13(4)25)18-15(27)9-12(3)17(18)20-19(16)24(7,22(29)31-20)33-14(5)26/h9,11,15-20,27H,8,10H2,1-7H3/t11-,15-,16+,17-,18+,19-,20+,23+,24+/m1/s1. The van der Waals surface area contributed by atoms with Crippen LogP contribution in [0.25, 0.3) is 0 Å². The van der Waals surface area contributed by atoms with Crippen LogP contribution in [0.1, 0.15) is 61.3 Å². The lowest BCUT2D eigenvalue weighted by atomic mass is 9.74. The first-order valence-corrected chi connectivity index (χ1v) is 11.4. The van der Waals surface area contributed by atoms with Gasteiger partial charge in [0.05, 0.1) is 17.9 Å². The smallest absolute Gasteiger partial charge is 0.351 e. The summed E-state index contributed by atoms with van der Waals surface area (Å²) in [7, 11) is 0. The van der Waals surface area contributed by atoms with Crippen molar-refractivity contribution in [3.63, 3.8) is 0 Å². The zero-order valence-electron chi connectivity index (χ0n) is 20.2.